The van der Waals surface area contributed by atoms with Crippen LogP contribution in [0.2, 0.25) is 0 Å². The molecule has 1 N–H and O–H groups in total. The Morgan fingerprint density at radius 3 is 2.52 bits per heavy atom. The van der Waals surface area contributed by atoms with Gasteiger partial charge in [0.05, 0.1) is 18.1 Å². The van der Waals surface area contributed by atoms with Crippen LogP contribution >= 0.6 is 11.8 Å². The summed E-state index contributed by atoms with van der Waals surface area (Å²) in [4.78, 5) is 0. The van der Waals surface area contributed by atoms with Gasteiger partial charge in [0.1, 0.15) is 11.5 Å². The Labute approximate surface area is 131 Å². The Morgan fingerprint density at radius 2 is 1.95 bits per heavy atom. The predicted octanol–water partition coefficient (Wildman–Crippen LogP) is 4.26. The van der Waals surface area contributed by atoms with Gasteiger partial charge >= 0.3 is 0 Å². The largest absolute Gasteiger partial charge is 0.491 e. The summed E-state index contributed by atoms with van der Waals surface area (Å²) in [5.41, 5.74) is 1.28. The van der Waals surface area contributed by atoms with E-state index in [0.29, 0.717) is 6.04 Å². The van der Waals surface area contributed by atoms with Crippen molar-refractivity contribution < 1.29 is 9.15 Å². The number of furan rings is 1. The molecule has 0 spiro atoms. The van der Waals surface area contributed by atoms with Gasteiger partial charge in [-0.3, -0.25) is 0 Å². The van der Waals surface area contributed by atoms with Gasteiger partial charge in [-0.1, -0.05) is 12.1 Å². The zero-order chi connectivity index (χ0) is 15.1. The van der Waals surface area contributed by atoms with Crippen molar-refractivity contribution in [2.75, 3.05) is 12.8 Å². The SMILES string of the molecule is CNC(CSCc1ccco1)c1ccc(OC(C)C)cc1. The lowest BCUT2D eigenvalue weighted by atomic mass is 10.1. The maximum Gasteiger partial charge on any atom is 0.119 e. The lowest BCUT2D eigenvalue weighted by Gasteiger charge is -2.17. The zero-order valence-corrected chi connectivity index (χ0v) is 13.7. The van der Waals surface area contributed by atoms with Gasteiger partial charge in [-0.2, -0.15) is 11.8 Å². The lowest BCUT2D eigenvalue weighted by molar-refractivity contribution is 0.242. The molecule has 114 valence electrons. The van der Waals surface area contributed by atoms with Gasteiger partial charge in [-0.25, -0.2) is 0 Å². The fraction of sp³-hybridized carbons (Fsp3) is 0.412. The molecule has 4 heteroatoms. The molecule has 3 nitrogen and oxygen atoms in total. The van der Waals surface area contributed by atoms with Gasteiger partial charge in [0.15, 0.2) is 0 Å². The van der Waals surface area contributed by atoms with Gasteiger partial charge in [-0.05, 0) is 50.7 Å². The molecule has 0 aliphatic carbocycles. The van der Waals surface area contributed by atoms with Crippen LogP contribution < -0.4 is 10.1 Å². The molecule has 1 unspecified atom stereocenters. The molecule has 0 bridgehead atoms. The van der Waals surface area contributed by atoms with Crippen LogP contribution in [-0.2, 0) is 5.75 Å². The van der Waals surface area contributed by atoms with Crippen molar-refractivity contribution in [3.05, 3.63) is 54.0 Å². The van der Waals surface area contributed by atoms with Crippen molar-refractivity contribution in [1.82, 2.24) is 5.32 Å². The second-order valence-electron chi connectivity index (χ2n) is 5.17. The van der Waals surface area contributed by atoms with Crippen molar-refractivity contribution in [2.45, 2.75) is 31.7 Å². The smallest absolute Gasteiger partial charge is 0.119 e. The van der Waals surface area contributed by atoms with Crippen LogP contribution in [0.3, 0.4) is 0 Å². The summed E-state index contributed by atoms with van der Waals surface area (Å²) in [5.74, 6) is 3.85. The molecule has 0 aliphatic heterocycles. The molecule has 1 atom stereocenters. The van der Waals surface area contributed by atoms with Gasteiger partial charge in [0, 0.05) is 11.8 Å². The summed E-state index contributed by atoms with van der Waals surface area (Å²) in [6, 6.07) is 12.6. The number of ether oxygens (including phenoxy) is 1. The Balaban J connectivity index is 1.87. The monoisotopic (exact) mass is 305 g/mol. The molecular weight excluding hydrogens is 282 g/mol. The molecule has 21 heavy (non-hydrogen) atoms. The number of benzene rings is 1. The highest BCUT2D eigenvalue weighted by Crippen LogP contribution is 2.23. The highest BCUT2D eigenvalue weighted by Gasteiger charge is 2.10. The van der Waals surface area contributed by atoms with E-state index >= 15 is 0 Å². The van der Waals surface area contributed by atoms with E-state index in [1.54, 1.807) is 6.26 Å². The minimum absolute atomic E-state index is 0.208. The third-order valence-electron chi connectivity index (χ3n) is 3.11. The van der Waals surface area contributed by atoms with Gasteiger partial charge in [0.25, 0.3) is 0 Å². The van der Waals surface area contributed by atoms with E-state index in [0.717, 1.165) is 23.0 Å². The standard InChI is InChI=1S/C17H23NO2S/c1-13(2)20-15-8-6-14(7-9-15)17(18-3)12-21-11-16-5-4-10-19-16/h4-10,13,17-18H,11-12H2,1-3H3. The molecule has 1 aromatic heterocycles. The molecule has 0 saturated carbocycles. The highest BCUT2D eigenvalue weighted by atomic mass is 32.2. The fourth-order valence-corrected chi connectivity index (χ4v) is 3.15. The Morgan fingerprint density at radius 1 is 1.19 bits per heavy atom. The first-order chi connectivity index (χ1) is 10.2. The molecule has 2 rings (SSSR count). The zero-order valence-electron chi connectivity index (χ0n) is 12.8. The highest BCUT2D eigenvalue weighted by molar-refractivity contribution is 7.98. The molecule has 0 amide bonds. The van der Waals surface area contributed by atoms with Crippen LogP contribution in [-0.4, -0.2) is 18.9 Å². The maximum atomic E-state index is 5.67. The lowest BCUT2D eigenvalue weighted by Crippen LogP contribution is -2.18. The van der Waals surface area contributed by atoms with Gasteiger partial charge < -0.3 is 14.5 Å². The minimum Gasteiger partial charge on any atom is -0.491 e. The molecule has 1 aromatic carbocycles. The van der Waals surface area contributed by atoms with Gasteiger partial charge in [-0.15, -0.1) is 0 Å². The number of rotatable bonds is 8. The third-order valence-corrected chi connectivity index (χ3v) is 4.17. The van der Waals surface area contributed by atoms with Crippen molar-refractivity contribution in [1.29, 1.82) is 0 Å². The average molecular weight is 305 g/mol. The summed E-state index contributed by atoms with van der Waals surface area (Å²) >= 11 is 1.87. The third kappa shape index (κ3) is 5.14. The van der Waals surface area contributed by atoms with E-state index in [2.05, 4.69) is 17.4 Å². The Hall–Kier alpha value is -1.39. The predicted molar refractivity (Wildman–Crippen MR) is 88.9 cm³/mol. The summed E-state index contributed by atoms with van der Waals surface area (Å²) in [7, 11) is 2.00. The van der Waals surface area contributed by atoms with Crippen molar-refractivity contribution in [3.8, 4) is 5.75 Å². The first-order valence-electron chi connectivity index (χ1n) is 7.23. The van der Waals surface area contributed by atoms with Crippen molar-refractivity contribution in [2.24, 2.45) is 0 Å². The van der Waals surface area contributed by atoms with Crippen LogP contribution in [0.5, 0.6) is 5.75 Å². The fourth-order valence-electron chi connectivity index (χ4n) is 2.07. The van der Waals surface area contributed by atoms with E-state index in [-0.39, 0.29) is 6.10 Å². The normalized spacial score (nSPS) is 12.6. The van der Waals surface area contributed by atoms with Crippen LogP contribution in [0, 0.1) is 0 Å². The quantitative estimate of drug-likeness (QED) is 0.790. The molecule has 0 aliphatic rings. The van der Waals surface area contributed by atoms with E-state index in [4.69, 9.17) is 9.15 Å². The van der Waals surface area contributed by atoms with Gasteiger partial charge in [0.2, 0.25) is 0 Å². The molecule has 0 saturated heterocycles. The van der Waals surface area contributed by atoms with E-state index in [1.807, 2.05) is 56.9 Å². The summed E-state index contributed by atoms with van der Waals surface area (Å²) in [6.07, 6.45) is 1.93. The van der Waals surface area contributed by atoms with Crippen LogP contribution in [0.4, 0.5) is 0 Å². The first-order valence-corrected chi connectivity index (χ1v) is 8.38. The Kier molecular flexibility index (Phi) is 6.21. The summed E-state index contributed by atoms with van der Waals surface area (Å²) < 4.78 is 11.0. The van der Waals surface area contributed by atoms with Crippen LogP contribution in [0.25, 0.3) is 0 Å². The first kappa shape index (κ1) is 16.0. The topological polar surface area (TPSA) is 34.4 Å². The molecule has 0 radical (unpaired) electrons. The average Bonchev–Trinajstić information content (AvgIpc) is 2.97. The number of thioether (sulfide) groups is 1. The number of hydrogen-bond acceptors (Lipinski definition) is 4. The molecule has 1 heterocycles. The molecular formula is C17H23NO2S. The molecule has 2 aromatic rings. The second kappa shape index (κ2) is 8.15. The Bertz CT molecular complexity index is 508. The van der Waals surface area contributed by atoms with E-state index in [1.165, 1.54) is 5.56 Å². The minimum atomic E-state index is 0.208. The number of hydrogen-bond donors (Lipinski definition) is 1. The van der Waals surface area contributed by atoms with E-state index in [9.17, 15) is 0 Å². The van der Waals surface area contributed by atoms with Crippen LogP contribution in [0.1, 0.15) is 31.2 Å². The second-order valence-corrected chi connectivity index (χ2v) is 6.20. The van der Waals surface area contributed by atoms with Crippen molar-refractivity contribution >= 4 is 11.8 Å². The van der Waals surface area contributed by atoms with Crippen molar-refractivity contribution in [3.63, 3.8) is 0 Å². The summed E-state index contributed by atoms with van der Waals surface area (Å²) in [6.45, 7) is 4.07. The molecule has 0 fully saturated rings. The maximum absolute atomic E-state index is 5.67. The number of nitrogens with one attached hydrogen (secondary N) is 1. The van der Waals surface area contributed by atoms with E-state index < -0.39 is 0 Å². The van der Waals surface area contributed by atoms with Crippen LogP contribution in [0.15, 0.2) is 47.1 Å². The summed E-state index contributed by atoms with van der Waals surface area (Å²) in [5, 5.41) is 3.37.